The molecule has 16 unspecified atom stereocenters. The van der Waals surface area contributed by atoms with Crippen LogP contribution < -0.4 is 23.7 Å². The van der Waals surface area contributed by atoms with Crippen molar-refractivity contribution in [1.29, 1.82) is 0 Å². The van der Waals surface area contributed by atoms with Crippen LogP contribution in [0, 0.1) is 46.3 Å². The van der Waals surface area contributed by atoms with E-state index in [-0.39, 0.29) is 112 Å². The third-order valence-electron chi connectivity index (χ3n) is 32.9. The van der Waals surface area contributed by atoms with Crippen molar-refractivity contribution in [2.24, 2.45) is 46.3 Å². The predicted molar refractivity (Wildman–Crippen MR) is 569 cm³/mol. The smallest absolute Gasteiger partial charge is 0.373 e. The van der Waals surface area contributed by atoms with Crippen molar-refractivity contribution in [2.75, 3.05) is 73.7 Å². The second kappa shape index (κ2) is 58.2. The van der Waals surface area contributed by atoms with Gasteiger partial charge in [0.05, 0.1) is 36.2 Å². The Morgan fingerprint density at radius 3 is 0.980 bits per heavy atom. The van der Waals surface area contributed by atoms with Crippen LogP contribution in [0.2, 0.25) is 0 Å². The molecule has 8 aliphatic rings. The van der Waals surface area contributed by atoms with Crippen LogP contribution in [-0.2, 0) is 105 Å². The molecule has 5 N–H and O–H groups in total. The van der Waals surface area contributed by atoms with Crippen molar-refractivity contribution >= 4 is 42.1 Å². The fourth-order valence-corrected chi connectivity index (χ4v) is 24.6. The Labute approximate surface area is 878 Å². The Hall–Kier alpha value is -11.3. The zero-order valence-electron chi connectivity index (χ0n) is 91.3. The van der Waals surface area contributed by atoms with E-state index in [0.717, 1.165) is 99.2 Å². The molecule has 0 radical (unpaired) electrons. The van der Waals surface area contributed by atoms with Gasteiger partial charge >= 0.3 is 36.4 Å². The van der Waals surface area contributed by atoms with Gasteiger partial charge in [-0.1, -0.05) is 239 Å². The molecule has 0 spiro atoms. The van der Waals surface area contributed by atoms with Crippen LogP contribution >= 0.6 is 0 Å². The van der Waals surface area contributed by atoms with Crippen LogP contribution in [0.15, 0.2) is 176 Å². The number of hydrogen-bond donors (Lipinski definition) is 5. The summed E-state index contributed by atoms with van der Waals surface area (Å²) in [5.74, 6) is 8.29. The highest BCUT2D eigenvalue weighted by Crippen LogP contribution is 2.61. The number of hydrogen-bond acceptors (Lipinski definition) is 23. The number of aromatic carboxylic acids is 1. The summed E-state index contributed by atoms with van der Waals surface area (Å²) in [7, 11) is 3.23. The van der Waals surface area contributed by atoms with Gasteiger partial charge in [-0.3, -0.25) is 14.4 Å². The Kier molecular flexibility index (Phi) is 48.0. The maximum Gasteiger partial charge on any atom is 0.373 e. The van der Waals surface area contributed by atoms with Gasteiger partial charge in [0.15, 0.2) is 5.78 Å². The summed E-state index contributed by atoms with van der Waals surface area (Å²) in [5.41, 5.74) is 18.9. The highest BCUT2D eigenvalue weighted by Gasteiger charge is 2.58. The first kappa shape index (κ1) is 122. The fourth-order valence-electron chi connectivity index (χ4n) is 24.6. The number of benzene rings is 8. The molecule has 8 aromatic rings. The highest BCUT2D eigenvalue weighted by molar-refractivity contribution is 5.94. The van der Waals surface area contributed by atoms with Crippen molar-refractivity contribution in [3.05, 3.63) is 254 Å². The van der Waals surface area contributed by atoms with E-state index in [4.69, 9.17) is 96.9 Å². The van der Waals surface area contributed by atoms with E-state index in [2.05, 4.69) is 184 Å². The van der Waals surface area contributed by atoms with Crippen molar-refractivity contribution in [3.63, 3.8) is 0 Å². The lowest BCUT2D eigenvalue weighted by Crippen LogP contribution is -2.53. The molecular formula is C124H166O24. The molecule has 16 atom stereocenters. The number of fused-ring (bicyclic) bond motifs is 12. The summed E-state index contributed by atoms with van der Waals surface area (Å²) in [6.45, 7) is 41.2. The van der Waals surface area contributed by atoms with E-state index in [9.17, 15) is 19.2 Å². The van der Waals surface area contributed by atoms with E-state index in [0.29, 0.717) is 69.7 Å². The maximum absolute atomic E-state index is 14.0. The molecule has 0 amide bonds. The van der Waals surface area contributed by atoms with Crippen LogP contribution in [0.1, 0.15) is 339 Å². The first-order chi connectivity index (χ1) is 70.5. The topological polar surface area (TPSA) is 355 Å². The number of rotatable bonds is 30. The van der Waals surface area contributed by atoms with Gasteiger partial charge in [-0.15, -0.1) is 0 Å². The minimum atomic E-state index is -0.925. The molecule has 0 heterocycles. The van der Waals surface area contributed by atoms with E-state index in [1.165, 1.54) is 109 Å². The van der Waals surface area contributed by atoms with Crippen molar-refractivity contribution in [3.8, 4) is 28.7 Å². The number of Topliss-reactive ketones (excluding diaryl/α,β-unsaturated/α-hetero) is 1. The van der Waals surface area contributed by atoms with E-state index in [1.54, 1.807) is 122 Å². The average molecular weight is 2040 g/mol. The number of methoxy groups -OCH3 is 2. The Balaban J connectivity index is 0.000000250. The first-order valence-electron chi connectivity index (χ1n) is 53.3. The number of carbonyl (C=O) groups is 4. The van der Waals surface area contributed by atoms with E-state index >= 15 is 0 Å². The van der Waals surface area contributed by atoms with Gasteiger partial charge in [-0.2, -0.15) is 28.8 Å². The predicted octanol–water partition coefficient (Wildman–Crippen LogP) is 23.2. The summed E-state index contributed by atoms with van der Waals surface area (Å²) in [6, 6.07) is 58.3. The lowest BCUT2D eigenvalue weighted by molar-refractivity contribution is -0.193. The zero-order chi connectivity index (χ0) is 109. The molecular weight excluding hydrogens is 1870 g/mol. The average Bonchev–Trinajstić information content (AvgIpc) is 0.715. The van der Waals surface area contributed by atoms with Crippen LogP contribution in [0.5, 0.6) is 28.7 Å². The minimum absolute atomic E-state index is 0.0147. The molecule has 8 aromatic carbocycles. The number of ketones is 1. The molecule has 24 nitrogen and oxygen atoms in total. The molecule has 806 valence electrons. The number of carboxylic acid groups (broad SMARTS) is 1. The van der Waals surface area contributed by atoms with E-state index in [1.807, 2.05) is 31.2 Å². The SMILES string of the molecule is CC(C)c1ccc2c(c1)CCC1C(C)CCCC21C.CC(C)c1ccc2c(c1)CCC1C(C)CCCC21C.CCOc1ccc(C(C)=O)cc1.COC(COC(=O)C1(C)CCCC2(C)c3ccc(C(C)C)cc3CCC12)COc1cccc(OCC(COC(=O)C2(C)CCCC3(C)c4ccc(C(C)C)cc4CCC23)OC)c1.O=C(O)c1ccccc1.O=C=O.O=C=O.O=C=O.OCC(O)COc1cccc(OCC(O)CO)c1. The van der Waals surface area contributed by atoms with Crippen LogP contribution in [0.3, 0.4) is 0 Å². The summed E-state index contributed by atoms with van der Waals surface area (Å²) in [5, 5.41) is 43.9. The lowest BCUT2D eigenvalue weighted by Gasteiger charge is -2.54. The van der Waals surface area contributed by atoms with Gasteiger partial charge in [0.25, 0.3) is 0 Å². The zero-order valence-corrected chi connectivity index (χ0v) is 91.3. The first-order valence-corrected chi connectivity index (χ1v) is 53.3. The number of carbonyl (C=O) groups excluding carboxylic acids is 9. The van der Waals surface area contributed by atoms with Gasteiger partial charge in [0.2, 0.25) is 0 Å². The molecule has 4 fully saturated rings. The molecule has 148 heavy (non-hydrogen) atoms. The Bertz CT molecular complexity index is 5320. The third kappa shape index (κ3) is 32.2. The normalized spacial score (nSPS) is 23.9. The fraction of sp³-hybridized carbons (Fsp3) is 0.556. The highest BCUT2D eigenvalue weighted by atomic mass is 16.6. The van der Waals surface area contributed by atoms with Crippen LogP contribution in [0.4, 0.5) is 0 Å². The molecule has 0 bridgehead atoms. The number of carboxylic acids is 1. The summed E-state index contributed by atoms with van der Waals surface area (Å²) < 4.78 is 51.6. The third-order valence-corrected chi connectivity index (χ3v) is 32.9. The molecule has 0 aromatic heterocycles. The van der Waals surface area contributed by atoms with E-state index < -0.39 is 41.2 Å². The van der Waals surface area contributed by atoms with Gasteiger partial charge in [-0.05, 0) is 326 Å². The quantitative estimate of drug-likeness (QED) is 0.0206. The molecule has 0 aliphatic heterocycles. The van der Waals surface area contributed by atoms with Gasteiger partial charge < -0.3 is 68.2 Å². The lowest BCUT2D eigenvalue weighted by atomic mass is 9.49. The van der Waals surface area contributed by atoms with Crippen molar-refractivity contribution < 1.29 is 116 Å². The Morgan fingerprint density at radius 2 is 0.682 bits per heavy atom. The van der Waals surface area contributed by atoms with Crippen molar-refractivity contribution in [2.45, 2.75) is 323 Å². The summed E-state index contributed by atoms with van der Waals surface area (Å²) in [4.78, 5) is 97.8. The molecule has 24 heteroatoms. The minimum Gasteiger partial charge on any atom is -0.494 e. The molecule has 8 aliphatic carbocycles. The van der Waals surface area contributed by atoms with Crippen LogP contribution in [0.25, 0.3) is 0 Å². The number of ether oxygens (including phenoxy) is 9. The summed E-state index contributed by atoms with van der Waals surface area (Å²) in [6.07, 6.45) is 21.7. The molecule has 4 saturated carbocycles. The van der Waals surface area contributed by atoms with Gasteiger partial charge in [0, 0.05) is 31.9 Å². The monoisotopic (exact) mass is 2040 g/mol. The number of aryl methyl sites for hydroxylation is 4. The molecule has 16 rings (SSSR count). The largest absolute Gasteiger partial charge is 0.494 e. The van der Waals surface area contributed by atoms with Crippen molar-refractivity contribution in [1.82, 2.24) is 0 Å². The standard InChI is InChI=1S/C54H74O8.2C19H28.C12H18O6.C10H12O2.C7H6O2.3CO2/c1-35(2)37-16-20-45-39(28-37)18-22-47-51(45,5)24-12-26-53(47,7)49(55)61-33-43(57-9)31-59-41-14-11-15-42(30-41)60-32-44(58-10)34-62-50(56)54(8)27-13-25-52(6)46-21-17-38(36(3)4)29-40(46)19-23-48(52)54;2*1-13(2)15-7-10-18-16(12-15)8-9-17-14(3)6-5-11-19(17,18)4;13-5-9(15)7-17-11-2-1-3-12(4-11)18-8-10(16)6-14;1-3-12-10-6-4-9(5-7-10)8(2)11;8-7(9)6-4-2-1-3-5-6;3*2-1-3/h11,14-17,20-21,28-30,35-36,43-44,47-48H,12-13,18-19,22-27,31-34H2,1-10H3;2*7,10,12-14,17H,5-6,8-9,11H2,1-4H3;1-4,9-10,13-16H,5-8H2;4-7H,3H2,1-2H3;1-5H,(H,8,9);;;. The number of esters is 2. The number of aliphatic hydroxyl groups excluding tert-OH is 4. The molecule has 0 saturated heterocycles. The van der Waals surface area contributed by atoms with Gasteiger partial charge in [-0.25, -0.2) is 4.79 Å². The second-order valence-corrected chi connectivity index (χ2v) is 43.9. The maximum atomic E-state index is 14.0. The van der Waals surface area contributed by atoms with Crippen LogP contribution in [-0.4, -0.2) is 166 Å². The second-order valence-electron chi connectivity index (χ2n) is 43.9. The number of aliphatic hydroxyl groups is 4. The summed E-state index contributed by atoms with van der Waals surface area (Å²) >= 11 is 0. The van der Waals surface area contributed by atoms with Gasteiger partial charge in [0.1, 0.15) is 92.8 Å². The Morgan fingerprint density at radius 1 is 0.365 bits per heavy atom.